The molecular formula is C25H27N3O2. The first-order valence-electron chi connectivity index (χ1n) is 10.8. The average molecular weight is 402 g/mol. The second-order valence-corrected chi connectivity index (χ2v) is 8.25. The van der Waals surface area contributed by atoms with Crippen LogP contribution in [0.4, 0.5) is 0 Å². The molecule has 0 spiro atoms. The zero-order valence-corrected chi connectivity index (χ0v) is 17.4. The van der Waals surface area contributed by atoms with Crippen LogP contribution in [0.2, 0.25) is 0 Å². The highest BCUT2D eigenvalue weighted by molar-refractivity contribution is 6.07. The van der Waals surface area contributed by atoms with Gasteiger partial charge in [-0.3, -0.25) is 14.7 Å². The Morgan fingerprint density at radius 1 is 1.20 bits per heavy atom. The maximum absolute atomic E-state index is 13.4. The highest BCUT2D eigenvalue weighted by Gasteiger charge is 2.26. The van der Waals surface area contributed by atoms with Crippen molar-refractivity contribution < 1.29 is 9.53 Å². The standard InChI is InChI=1S/C25H27N3O2/c1-2-28-12-11-22-20(15-28)24(19-8-4-5-9-21(19)27-22)25(29)26-14-17-13-18-7-3-6-10-23(18)30-16-17/h3-10,17H,2,11-16H2,1H3,(H,26,29)/t17-/m1/s1. The summed E-state index contributed by atoms with van der Waals surface area (Å²) in [6.07, 6.45) is 1.82. The van der Waals surface area contributed by atoms with Crippen molar-refractivity contribution in [2.24, 2.45) is 5.92 Å². The lowest BCUT2D eigenvalue weighted by Crippen LogP contribution is -2.37. The number of likely N-dealkylation sites (N-methyl/N-ethyl adjacent to an activating group) is 1. The molecule has 154 valence electrons. The van der Waals surface area contributed by atoms with Crippen LogP contribution in [0, 0.1) is 5.92 Å². The van der Waals surface area contributed by atoms with Crippen LogP contribution in [-0.4, -0.2) is 42.0 Å². The van der Waals surface area contributed by atoms with Gasteiger partial charge in [-0.15, -0.1) is 0 Å². The van der Waals surface area contributed by atoms with Gasteiger partial charge >= 0.3 is 0 Å². The zero-order valence-electron chi connectivity index (χ0n) is 17.4. The number of fused-ring (bicyclic) bond motifs is 3. The fourth-order valence-corrected chi connectivity index (χ4v) is 4.62. The van der Waals surface area contributed by atoms with Crippen LogP contribution in [0.3, 0.4) is 0 Å². The minimum Gasteiger partial charge on any atom is -0.493 e. The van der Waals surface area contributed by atoms with Crippen LogP contribution in [0.15, 0.2) is 48.5 Å². The van der Waals surface area contributed by atoms with E-state index in [1.54, 1.807) is 0 Å². The summed E-state index contributed by atoms with van der Waals surface area (Å²) in [4.78, 5) is 20.7. The lowest BCUT2D eigenvalue weighted by Gasteiger charge is -2.29. The fourth-order valence-electron chi connectivity index (χ4n) is 4.62. The number of para-hydroxylation sites is 2. The Hall–Kier alpha value is -2.92. The number of ether oxygens (including phenoxy) is 1. The van der Waals surface area contributed by atoms with E-state index in [0.717, 1.165) is 65.9 Å². The molecule has 1 atom stereocenters. The van der Waals surface area contributed by atoms with Gasteiger partial charge in [-0.25, -0.2) is 0 Å². The van der Waals surface area contributed by atoms with Crippen molar-refractivity contribution in [3.63, 3.8) is 0 Å². The van der Waals surface area contributed by atoms with Crippen LogP contribution in [0.5, 0.6) is 5.75 Å². The number of amides is 1. The van der Waals surface area contributed by atoms with E-state index in [2.05, 4.69) is 23.2 Å². The first-order valence-corrected chi connectivity index (χ1v) is 10.8. The summed E-state index contributed by atoms with van der Waals surface area (Å²) in [5.74, 6) is 1.25. The number of nitrogens with zero attached hydrogens (tertiary/aromatic N) is 2. The Morgan fingerprint density at radius 3 is 2.93 bits per heavy atom. The van der Waals surface area contributed by atoms with Gasteiger partial charge < -0.3 is 10.1 Å². The predicted octanol–water partition coefficient (Wildman–Crippen LogP) is 3.59. The molecule has 5 rings (SSSR count). The third-order valence-corrected chi connectivity index (χ3v) is 6.31. The number of benzene rings is 2. The average Bonchev–Trinajstić information content (AvgIpc) is 2.80. The second kappa shape index (κ2) is 8.07. The molecule has 0 saturated carbocycles. The van der Waals surface area contributed by atoms with Crippen molar-refractivity contribution in [3.05, 3.63) is 70.9 Å². The Kier molecular flexibility index (Phi) is 5.13. The fraction of sp³-hybridized carbons (Fsp3) is 0.360. The number of aromatic nitrogens is 1. The number of pyridine rings is 1. The van der Waals surface area contributed by atoms with Crippen molar-refractivity contribution >= 4 is 16.8 Å². The predicted molar refractivity (Wildman–Crippen MR) is 118 cm³/mol. The van der Waals surface area contributed by atoms with E-state index in [-0.39, 0.29) is 11.8 Å². The molecule has 0 aliphatic carbocycles. The zero-order chi connectivity index (χ0) is 20.5. The Labute approximate surface area is 177 Å². The molecule has 0 radical (unpaired) electrons. The molecule has 5 nitrogen and oxygen atoms in total. The summed E-state index contributed by atoms with van der Waals surface area (Å²) in [6.45, 7) is 6.17. The van der Waals surface area contributed by atoms with E-state index >= 15 is 0 Å². The number of hydrogen-bond acceptors (Lipinski definition) is 4. The van der Waals surface area contributed by atoms with Crippen LogP contribution >= 0.6 is 0 Å². The van der Waals surface area contributed by atoms with Gasteiger partial charge in [0, 0.05) is 48.6 Å². The molecule has 0 bridgehead atoms. The number of rotatable bonds is 4. The highest BCUT2D eigenvalue weighted by atomic mass is 16.5. The van der Waals surface area contributed by atoms with Gasteiger partial charge in [0.15, 0.2) is 0 Å². The first-order chi connectivity index (χ1) is 14.7. The lowest BCUT2D eigenvalue weighted by molar-refractivity contribution is 0.0938. The van der Waals surface area contributed by atoms with Crippen LogP contribution in [0.1, 0.15) is 34.1 Å². The smallest absolute Gasteiger partial charge is 0.252 e. The molecular weight excluding hydrogens is 374 g/mol. The number of carbonyl (C=O) groups excluding carboxylic acids is 1. The minimum atomic E-state index is 0.00154. The van der Waals surface area contributed by atoms with Crippen LogP contribution < -0.4 is 10.1 Å². The van der Waals surface area contributed by atoms with Crippen molar-refractivity contribution in [2.45, 2.75) is 26.3 Å². The Bertz CT molecular complexity index is 1090. The van der Waals surface area contributed by atoms with E-state index in [4.69, 9.17) is 9.72 Å². The van der Waals surface area contributed by atoms with Crippen molar-refractivity contribution in [1.82, 2.24) is 15.2 Å². The number of carbonyl (C=O) groups is 1. The summed E-state index contributed by atoms with van der Waals surface area (Å²) >= 11 is 0. The molecule has 3 aromatic rings. The van der Waals surface area contributed by atoms with Gasteiger partial charge in [0.1, 0.15) is 5.75 Å². The molecule has 1 amide bonds. The summed E-state index contributed by atoms with van der Waals surface area (Å²) in [5, 5.41) is 4.15. The van der Waals surface area contributed by atoms with Crippen LogP contribution in [-0.2, 0) is 19.4 Å². The SMILES string of the molecule is CCN1CCc2nc3ccccc3c(C(=O)NC[C@@H]3COc4ccccc4C3)c2C1. The molecule has 5 heteroatoms. The molecule has 1 aromatic heterocycles. The second-order valence-electron chi connectivity index (χ2n) is 8.25. The van der Waals surface area contributed by atoms with Crippen molar-refractivity contribution in [2.75, 3.05) is 26.2 Å². The summed E-state index contributed by atoms with van der Waals surface area (Å²) in [5.41, 5.74) is 5.07. The highest BCUT2D eigenvalue weighted by Crippen LogP contribution is 2.29. The maximum Gasteiger partial charge on any atom is 0.252 e. The van der Waals surface area contributed by atoms with Gasteiger partial charge in [-0.1, -0.05) is 43.3 Å². The van der Waals surface area contributed by atoms with Gasteiger partial charge in [0.05, 0.1) is 17.7 Å². The van der Waals surface area contributed by atoms with Gasteiger partial charge in [-0.05, 0) is 30.7 Å². The Morgan fingerprint density at radius 2 is 2.03 bits per heavy atom. The van der Waals surface area contributed by atoms with E-state index in [1.165, 1.54) is 5.56 Å². The van der Waals surface area contributed by atoms with Crippen molar-refractivity contribution in [1.29, 1.82) is 0 Å². The quantitative estimate of drug-likeness (QED) is 0.726. The van der Waals surface area contributed by atoms with Crippen LogP contribution in [0.25, 0.3) is 10.9 Å². The lowest BCUT2D eigenvalue weighted by atomic mass is 9.94. The molecule has 1 N–H and O–H groups in total. The maximum atomic E-state index is 13.4. The first kappa shape index (κ1) is 19.1. The monoisotopic (exact) mass is 401 g/mol. The van der Waals surface area contributed by atoms with E-state index < -0.39 is 0 Å². The Balaban J connectivity index is 1.41. The van der Waals surface area contributed by atoms with Crippen molar-refractivity contribution in [3.8, 4) is 5.75 Å². The largest absolute Gasteiger partial charge is 0.493 e. The molecule has 30 heavy (non-hydrogen) atoms. The summed E-state index contributed by atoms with van der Waals surface area (Å²) < 4.78 is 5.90. The third-order valence-electron chi connectivity index (χ3n) is 6.31. The van der Waals surface area contributed by atoms with E-state index in [1.807, 2.05) is 42.5 Å². The molecule has 2 aromatic carbocycles. The summed E-state index contributed by atoms with van der Waals surface area (Å²) in [6, 6.07) is 16.2. The third kappa shape index (κ3) is 3.54. The topological polar surface area (TPSA) is 54.5 Å². The van der Waals surface area contributed by atoms with Gasteiger partial charge in [0.25, 0.3) is 5.91 Å². The molecule has 0 fully saturated rings. The molecule has 3 heterocycles. The number of nitrogens with one attached hydrogen (secondary N) is 1. The van der Waals surface area contributed by atoms with Gasteiger partial charge in [-0.2, -0.15) is 0 Å². The van der Waals surface area contributed by atoms with Gasteiger partial charge in [0.2, 0.25) is 0 Å². The summed E-state index contributed by atoms with van der Waals surface area (Å²) in [7, 11) is 0. The molecule has 2 aliphatic heterocycles. The molecule has 2 aliphatic rings. The minimum absolute atomic E-state index is 0.00154. The van der Waals surface area contributed by atoms with E-state index in [0.29, 0.717) is 13.2 Å². The van der Waals surface area contributed by atoms with E-state index in [9.17, 15) is 4.79 Å². The molecule has 0 unspecified atom stereocenters. The molecule has 0 saturated heterocycles. The number of hydrogen-bond donors (Lipinski definition) is 1. The normalized spacial score (nSPS) is 18.4.